The van der Waals surface area contributed by atoms with Gasteiger partial charge in [-0.15, -0.1) is 0 Å². The fourth-order valence-electron chi connectivity index (χ4n) is 10.1. The highest BCUT2D eigenvalue weighted by atomic mass is 31.2. The summed E-state index contributed by atoms with van der Waals surface area (Å²) in [6.07, 6.45) is 123. The molecule has 9 nitrogen and oxygen atoms in total. The van der Waals surface area contributed by atoms with Gasteiger partial charge < -0.3 is 27.9 Å². The number of nitrogens with zero attached hydrogens (tertiary/aromatic N) is 1. The highest BCUT2D eigenvalue weighted by Gasteiger charge is 2.22. The van der Waals surface area contributed by atoms with Crippen molar-refractivity contribution in [2.24, 2.45) is 0 Å². The van der Waals surface area contributed by atoms with Crippen molar-refractivity contribution >= 4 is 19.8 Å². The van der Waals surface area contributed by atoms with E-state index in [0.29, 0.717) is 17.4 Å². The molecule has 10 heteroatoms. The number of rotatable bonds is 70. The van der Waals surface area contributed by atoms with Crippen LogP contribution in [-0.2, 0) is 32.7 Å². The van der Waals surface area contributed by atoms with Crippen molar-refractivity contribution in [2.75, 3.05) is 47.5 Å². The second-order valence-electron chi connectivity index (χ2n) is 26.6. The first-order valence-corrected chi connectivity index (χ1v) is 40.9. The summed E-state index contributed by atoms with van der Waals surface area (Å²) in [7, 11) is 1.12. The molecule has 0 aromatic carbocycles. The van der Waals surface area contributed by atoms with Crippen LogP contribution in [0.2, 0.25) is 0 Å². The Labute approximate surface area is 614 Å². The Kier molecular flexibility index (Phi) is 73.1. The zero-order chi connectivity index (χ0) is 72.5. The molecule has 0 aliphatic heterocycles. The smallest absolute Gasteiger partial charge is 0.306 e. The number of likely N-dealkylation sites (N-methyl/N-ethyl adjacent to an activating group) is 1. The summed E-state index contributed by atoms with van der Waals surface area (Å²) >= 11 is 0. The van der Waals surface area contributed by atoms with Crippen LogP contribution in [0.1, 0.15) is 284 Å². The third kappa shape index (κ3) is 81.3. The van der Waals surface area contributed by atoms with Crippen LogP contribution in [0.5, 0.6) is 0 Å². The Balaban J connectivity index is 4.13. The van der Waals surface area contributed by atoms with Crippen LogP contribution in [0.25, 0.3) is 0 Å². The van der Waals surface area contributed by atoms with Crippen LogP contribution in [0.4, 0.5) is 0 Å². The van der Waals surface area contributed by atoms with E-state index in [4.69, 9.17) is 18.5 Å². The van der Waals surface area contributed by atoms with Crippen molar-refractivity contribution in [1.29, 1.82) is 0 Å². The van der Waals surface area contributed by atoms with Gasteiger partial charge in [0, 0.05) is 12.8 Å². The van der Waals surface area contributed by atoms with Crippen LogP contribution < -0.4 is 4.89 Å². The predicted molar refractivity (Wildman–Crippen MR) is 433 cm³/mol. The molecule has 0 aromatic heterocycles. The summed E-state index contributed by atoms with van der Waals surface area (Å²) in [5, 5.41) is 0. The number of hydrogen-bond acceptors (Lipinski definition) is 8. The minimum Gasteiger partial charge on any atom is -0.756 e. The summed E-state index contributed by atoms with van der Waals surface area (Å²) < 4.78 is 34.3. The zero-order valence-electron chi connectivity index (χ0n) is 64.0. The van der Waals surface area contributed by atoms with E-state index in [-0.39, 0.29) is 26.1 Å². The standard InChI is InChI=1S/C90H144NO8P/c1-6-8-10-12-14-16-18-20-22-24-26-28-30-32-34-36-38-40-42-43-44-45-46-47-49-51-53-55-57-59-61-63-65-67-69-71-73-75-77-79-81-83-90(93)99-88(87-98-100(94,95)97-85-84-91(3,4)5)86-96-89(92)82-80-78-76-74-72-70-68-66-64-62-60-58-56-54-52-50-48-41-39-37-35-33-31-29-27-25-23-21-19-17-15-13-11-9-7-2/h8-11,14-17,20-23,26-29,32-35,38-41,43-44,46-47,51,53,57,59,63,65,69,71,88H,6-7,12-13,18-19,24-25,30-31,36-37,42,45,48-50,52,54-56,58,60-62,64,66-68,70,72-87H2,1-5H3/b10-8-,11-9-,16-14-,17-15-,22-20-,23-21-,28-26-,29-27-,34-32-,35-33-,40-38-,41-39-,44-43-,47-46-,53-51-,59-57-,65-63-,71-69-. The number of esters is 2. The van der Waals surface area contributed by atoms with Crippen molar-refractivity contribution in [3.63, 3.8) is 0 Å². The van der Waals surface area contributed by atoms with Gasteiger partial charge in [0.2, 0.25) is 0 Å². The molecule has 0 aromatic rings. The molecule has 2 unspecified atom stereocenters. The maximum Gasteiger partial charge on any atom is 0.306 e. The summed E-state index contributed by atoms with van der Waals surface area (Å²) in [6.45, 7) is 3.97. The fraction of sp³-hybridized carbons (Fsp3) is 0.578. The van der Waals surface area contributed by atoms with Gasteiger partial charge in [-0.25, -0.2) is 0 Å². The van der Waals surface area contributed by atoms with E-state index in [1.807, 2.05) is 21.1 Å². The molecule has 0 radical (unpaired) electrons. The monoisotopic (exact) mass is 1400 g/mol. The molecule has 0 saturated carbocycles. The van der Waals surface area contributed by atoms with Crippen molar-refractivity contribution in [3.8, 4) is 0 Å². The minimum absolute atomic E-state index is 0.0465. The Bertz CT molecular complexity index is 2500. The largest absolute Gasteiger partial charge is 0.756 e. The lowest BCUT2D eigenvalue weighted by atomic mass is 10.0. The van der Waals surface area contributed by atoms with E-state index in [0.717, 1.165) is 167 Å². The first kappa shape index (κ1) is 94.3. The molecule has 0 N–H and O–H groups in total. The first-order chi connectivity index (χ1) is 49.0. The number of phosphoric acid groups is 1. The van der Waals surface area contributed by atoms with Gasteiger partial charge in [-0.3, -0.25) is 14.2 Å². The van der Waals surface area contributed by atoms with Gasteiger partial charge in [0.25, 0.3) is 7.82 Å². The normalized spacial score (nSPS) is 14.3. The van der Waals surface area contributed by atoms with E-state index in [1.165, 1.54) is 83.5 Å². The Hall–Kier alpha value is -5.67. The number of ether oxygens (including phenoxy) is 2. The summed E-state index contributed by atoms with van der Waals surface area (Å²) in [6, 6.07) is 0. The quantitative estimate of drug-likeness (QED) is 0.0195. The molecule has 0 saturated heterocycles. The van der Waals surface area contributed by atoms with Crippen molar-refractivity contribution in [1.82, 2.24) is 0 Å². The van der Waals surface area contributed by atoms with Gasteiger partial charge in [-0.2, -0.15) is 0 Å². The number of unbranched alkanes of at least 4 members (excludes halogenated alkanes) is 20. The van der Waals surface area contributed by atoms with Gasteiger partial charge in [-0.05, 0) is 154 Å². The van der Waals surface area contributed by atoms with Gasteiger partial charge in [0.15, 0.2) is 6.10 Å². The van der Waals surface area contributed by atoms with Gasteiger partial charge in [-0.1, -0.05) is 335 Å². The maximum atomic E-state index is 12.9. The minimum atomic E-state index is -4.67. The molecule has 0 bridgehead atoms. The number of phosphoric ester groups is 1. The highest BCUT2D eigenvalue weighted by molar-refractivity contribution is 7.45. The van der Waals surface area contributed by atoms with Crippen LogP contribution in [0.15, 0.2) is 219 Å². The van der Waals surface area contributed by atoms with Crippen LogP contribution in [-0.4, -0.2) is 70.0 Å². The van der Waals surface area contributed by atoms with Gasteiger partial charge >= 0.3 is 11.9 Å². The summed E-state index contributed by atoms with van der Waals surface area (Å²) in [5.74, 6) is -0.872. The Morgan fingerprint density at radius 2 is 0.540 bits per heavy atom. The molecule has 0 fully saturated rings. The highest BCUT2D eigenvalue weighted by Crippen LogP contribution is 2.38. The van der Waals surface area contributed by atoms with Crippen LogP contribution in [0, 0.1) is 0 Å². The molecule has 0 amide bonds. The fourth-order valence-corrected chi connectivity index (χ4v) is 10.8. The van der Waals surface area contributed by atoms with Crippen LogP contribution in [0.3, 0.4) is 0 Å². The maximum absolute atomic E-state index is 12.9. The second-order valence-corrected chi connectivity index (χ2v) is 28.0. The number of hydrogen-bond donors (Lipinski definition) is 0. The molecule has 562 valence electrons. The SMILES string of the molecule is CC/C=C\C/C=C\C/C=C\C/C=C\C/C=C\C/C=C\C/C=C\C/C=C\C/C=C\C/C=C\C/C=C\C/C=C\CCCCCCC(=O)OC(COC(=O)CCCCCCCCCCCCCCCCCC/C=C\C/C=C\C/C=C\C/C=C\C/C=C\C/C=C\CC)COP(=O)([O-])OCC[N+](C)(C)C. The van der Waals surface area contributed by atoms with E-state index >= 15 is 0 Å². The Morgan fingerprint density at radius 1 is 0.310 bits per heavy atom. The number of carbonyl (C=O) groups excluding carboxylic acids is 2. The Morgan fingerprint density at radius 3 is 0.800 bits per heavy atom. The van der Waals surface area contributed by atoms with Crippen LogP contribution >= 0.6 is 7.82 Å². The molecule has 0 spiro atoms. The third-order valence-corrected chi connectivity index (χ3v) is 17.0. The van der Waals surface area contributed by atoms with Gasteiger partial charge in [0.05, 0.1) is 27.7 Å². The lowest BCUT2D eigenvalue weighted by Crippen LogP contribution is -2.37. The molecule has 0 aliphatic carbocycles. The lowest BCUT2D eigenvalue weighted by Gasteiger charge is -2.28. The van der Waals surface area contributed by atoms with E-state index in [9.17, 15) is 19.0 Å². The lowest BCUT2D eigenvalue weighted by molar-refractivity contribution is -0.870. The second kappa shape index (κ2) is 77.5. The molecular weight excluding hydrogens is 1250 g/mol. The third-order valence-electron chi connectivity index (χ3n) is 16.0. The van der Waals surface area contributed by atoms with Crippen molar-refractivity contribution in [2.45, 2.75) is 290 Å². The zero-order valence-corrected chi connectivity index (χ0v) is 64.9. The topological polar surface area (TPSA) is 111 Å². The molecule has 0 heterocycles. The average Bonchev–Trinajstić information content (AvgIpc) is 1.30. The van der Waals surface area contributed by atoms with E-state index in [1.54, 1.807) is 0 Å². The summed E-state index contributed by atoms with van der Waals surface area (Å²) in [5.41, 5.74) is 0. The van der Waals surface area contributed by atoms with Gasteiger partial charge in [0.1, 0.15) is 19.8 Å². The summed E-state index contributed by atoms with van der Waals surface area (Å²) in [4.78, 5) is 38.2. The van der Waals surface area contributed by atoms with Crippen molar-refractivity contribution < 1.29 is 42.1 Å². The molecule has 0 aliphatic rings. The average molecular weight is 1400 g/mol. The number of allylic oxidation sites excluding steroid dienone is 36. The number of carbonyl (C=O) groups is 2. The van der Waals surface area contributed by atoms with E-state index < -0.39 is 32.5 Å². The number of quaternary nitrogens is 1. The van der Waals surface area contributed by atoms with E-state index in [2.05, 4.69) is 233 Å². The molecular formula is C90H144NO8P. The predicted octanol–water partition coefficient (Wildman–Crippen LogP) is 26.1. The molecule has 0 rings (SSSR count). The first-order valence-electron chi connectivity index (χ1n) is 39.4. The van der Waals surface area contributed by atoms with Crippen molar-refractivity contribution in [3.05, 3.63) is 219 Å². The molecule has 2 atom stereocenters. The molecule has 100 heavy (non-hydrogen) atoms.